The van der Waals surface area contributed by atoms with E-state index in [1.165, 1.54) is 0 Å². The zero-order valence-corrected chi connectivity index (χ0v) is 15.0. The first kappa shape index (κ1) is 17.7. The van der Waals surface area contributed by atoms with Gasteiger partial charge >= 0.3 is 11.9 Å². The van der Waals surface area contributed by atoms with Gasteiger partial charge in [0.25, 0.3) is 0 Å². The molecule has 4 aliphatic carbocycles. The number of carbonyl (C=O) groups is 3. The third-order valence-corrected chi connectivity index (χ3v) is 8.51. The van der Waals surface area contributed by atoms with Gasteiger partial charge in [0.15, 0.2) is 0 Å². The minimum absolute atomic E-state index is 0.211. The lowest BCUT2D eigenvalue weighted by Gasteiger charge is -2.49. The van der Waals surface area contributed by atoms with E-state index in [1.807, 2.05) is 0 Å². The van der Waals surface area contributed by atoms with E-state index in [0.717, 1.165) is 6.29 Å². The third-order valence-electron chi connectivity index (χ3n) is 8.51. The second-order valence-corrected chi connectivity index (χ2v) is 9.41. The molecule has 4 fully saturated rings. The summed E-state index contributed by atoms with van der Waals surface area (Å²) in [5.74, 6) is -3.99. The van der Waals surface area contributed by atoms with Crippen LogP contribution in [-0.4, -0.2) is 39.1 Å². The molecular formula is C20H26O6. The van der Waals surface area contributed by atoms with Crippen LogP contribution in [0.2, 0.25) is 0 Å². The number of carboxylic acid groups (broad SMARTS) is 2. The summed E-state index contributed by atoms with van der Waals surface area (Å²) in [6.45, 7) is 5.62. The number of aliphatic carboxylic acids is 2. The Labute approximate surface area is 152 Å². The molecule has 0 aromatic carbocycles. The zero-order chi connectivity index (χ0) is 19.1. The van der Waals surface area contributed by atoms with Crippen LogP contribution in [0.3, 0.4) is 0 Å². The Balaban J connectivity index is 1.98. The summed E-state index contributed by atoms with van der Waals surface area (Å²) >= 11 is 0. The molecule has 7 atom stereocenters. The van der Waals surface area contributed by atoms with Crippen molar-refractivity contribution in [2.24, 2.45) is 34.0 Å². The molecule has 2 bridgehead atoms. The van der Waals surface area contributed by atoms with Crippen LogP contribution in [0.5, 0.6) is 0 Å². The largest absolute Gasteiger partial charge is 0.481 e. The number of carbonyl (C=O) groups excluding carboxylic acids is 1. The maximum Gasteiger partial charge on any atom is 0.309 e. The van der Waals surface area contributed by atoms with Crippen molar-refractivity contribution in [3.05, 3.63) is 12.2 Å². The van der Waals surface area contributed by atoms with Crippen LogP contribution in [0, 0.1) is 34.0 Å². The van der Waals surface area contributed by atoms with Gasteiger partial charge in [-0.3, -0.25) is 9.59 Å². The molecule has 0 heterocycles. The average Bonchev–Trinajstić information content (AvgIpc) is 2.92. The fourth-order valence-electron chi connectivity index (χ4n) is 7.63. The fourth-order valence-corrected chi connectivity index (χ4v) is 7.63. The van der Waals surface area contributed by atoms with Crippen molar-refractivity contribution in [1.82, 2.24) is 0 Å². The minimum atomic E-state index is -1.25. The first-order valence-electron chi connectivity index (χ1n) is 9.41. The highest BCUT2D eigenvalue weighted by molar-refractivity contribution is 5.82. The van der Waals surface area contributed by atoms with E-state index < -0.39 is 45.6 Å². The summed E-state index contributed by atoms with van der Waals surface area (Å²) < 4.78 is 0. The molecule has 0 aromatic heterocycles. The molecule has 6 heteroatoms. The van der Waals surface area contributed by atoms with Crippen LogP contribution in [0.1, 0.15) is 51.9 Å². The molecule has 4 unspecified atom stereocenters. The lowest BCUT2D eigenvalue weighted by Crippen LogP contribution is -2.52. The summed E-state index contributed by atoms with van der Waals surface area (Å²) in [6.07, 6.45) is 4.04. The first-order chi connectivity index (χ1) is 12.1. The molecule has 4 aliphatic rings. The van der Waals surface area contributed by atoms with Gasteiger partial charge < -0.3 is 20.1 Å². The number of aliphatic hydroxyl groups is 1. The molecule has 0 saturated heterocycles. The number of carboxylic acids is 2. The molecule has 0 amide bonds. The zero-order valence-electron chi connectivity index (χ0n) is 15.0. The molecule has 0 radical (unpaired) electrons. The number of rotatable bonds is 3. The lowest BCUT2D eigenvalue weighted by atomic mass is 9.53. The molecule has 142 valence electrons. The van der Waals surface area contributed by atoms with E-state index in [-0.39, 0.29) is 12.3 Å². The van der Waals surface area contributed by atoms with Crippen LogP contribution in [0.15, 0.2) is 12.2 Å². The predicted molar refractivity (Wildman–Crippen MR) is 91.2 cm³/mol. The molecule has 4 saturated carbocycles. The molecular weight excluding hydrogens is 336 g/mol. The Hall–Kier alpha value is -1.69. The lowest BCUT2D eigenvalue weighted by molar-refractivity contribution is -0.167. The molecule has 6 nitrogen and oxygen atoms in total. The standard InChI is InChI=1S/C20H26O6/c1-11-8-19-9-20(11,26)7-4-12(19)18(10-21)6-3-5-17(2,16(24)25)14(18)13(19)15(22)23/h10,12-14,26H,1,3-9H2,2H3,(H,22,23)(H,24,25)/t12?,13-,14?,17?,18-,19?,20+/m1/s1. The van der Waals surface area contributed by atoms with Gasteiger partial charge in [-0.05, 0) is 62.4 Å². The monoisotopic (exact) mass is 362 g/mol. The quantitative estimate of drug-likeness (QED) is 0.524. The molecule has 3 N–H and O–H groups in total. The van der Waals surface area contributed by atoms with Crippen molar-refractivity contribution in [2.75, 3.05) is 0 Å². The van der Waals surface area contributed by atoms with Gasteiger partial charge in [0, 0.05) is 11.3 Å². The highest BCUT2D eigenvalue weighted by Crippen LogP contribution is 2.77. The highest BCUT2D eigenvalue weighted by Gasteiger charge is 2.78. The predicted octanol–water partition coefficient (Wildman–Crippen LogP) is 2.25. The van der Waals surface area contributed by atoms with E-state index in [0.29, 0.717) is 44.1 Å². The third kappa shape index (κ3) is 1.74. The SMILES string of the molecule is C=C1CC23C[C@@]1(O)CCC2[C@]1(C=O)CCCC(C)(C(=O)O)C1[C@@H]3C(=O)O. The van der Waals surface area contributed by atoms with Gasteiger partial charge in [-0.15, -0.1) is 0 Å². The van der Waals surface area contributed by atoms with Crippen LogP contribution < -0.4 is 0 Å². The second kappa shape index (κ2) is 4.97. The Bertz CT molecular complexity index is 730. The summed E-state index contributed by atoms with van der Waals surface area (Å²) in [4.78, 5) is 37.1. The Morgan fingerprint density at radius 2 is 1.92 bits per heavy atom. The topological polar surface area (TPSA) is 112 Å². The van der Waals surface area contributed by atoms with E-state index >= 15 is 0 Å². The summed E-state index contributed by atoms with van der Waals surface area (Å²) in [6, 6.07) is 0. The minimum Gasteiger partial charge on any atom is -0.481 e. The van der Waals surface area contributed by atoms with Gasteiger partial charge in [0.05, 0.1) is 16.9 Å². The fraction of sp³-hybridized carbons (Fsp3) is 0.750. The first-order valence-corrected chi connectivity index (χ1v) is 9.41. The maximum absolute atomic E-state index is 12.5. The van der Waals surface area contributed by atoms with Crippen molar-refractivity contribution in [3.8, 4) is 0 Å². The van der Waals surface area contributed by atoms with E-state index in [4.69, 9.17) is 0 Å². The molecule has 0 aliphatic heterocycles. The van der Waals surface area contributed by atoms with Crippen molar-refractivity contribution in [1.29, 1.82) is 0 Å². The second-order valence-electron chi connectivity index (χ2n) is 9.41. The molecule has 1 spiro atoms. The van der Waals surface area contributed by atoms with Crippen molar-refractivity contribution in [3.63, 3.8) is 0 Å². The molecule has 26 heavy (non-hydrogen) atoms. The van der Waals surface area contributed by atoms with E-state index in [1.54, 1.807) is 6.92 Å². The smallest absolute Gasteiger partial charge is 0.309 e. The van der Waals surface area contributed by atoms with Gasteiger partial charge in [-0.1, -0.05) is 13.0 Å². The summed E-state index contributed by atoms with van der Waals surface area (Å²) in [5.41, 5.74) is -3.41. The maximum atomic E-state index is 12.5. The number of aldehydes is 1. The Morgan fingerprint density at radius 3 is 2.50 bits per heavy atom. The Morgan fingerprint density at radius 1 is 1.23 bits per heavy atom. The summed E-state index contributed by atoms with van der Waals surface area (Å²) in [7, 11) is 0. The van der Waals surface area contributed by atoms with Crippen molar-refractivity contribution >= 4 is 18.2 Å². The van der Waals surface area contributed by atoms with Crippen molar-refractivity contribution in [2.45, 2.75) is 57.5 Å². The Kier molecular flexibility index (Phi) is 3.39. The average molecular weight is 362 g/mol. The molecule has 4 rings (SSSR count). The van der Waals surface area contributed by atoms with Gasteiger partial charge in [0.1, 0.15) is 6.29 Å². The van der Waals surface area contributed by atoms with Crippen LogP contribution in [0.4, 0.5) is 0 Å². The van der Waals surface area contributed by atoms with Crippen LogP contribution in [0.25, 0.3) is 0 Å². The normalized spacial score (nSPS) is 52.2. The van der Waals surface area contributed by atoms with Crippen molar-refractivity contribution < 1.29 is 29.7 Å². The highest BCUT2D eigenvalue weighted by atomic mass is 16.4. The number of fused-ring (bicyclic) bond motifs is 3. The number of hydrogen-bond donors (Lipinski definition) is 3. The molecule has 0 aromatic rings. The van der Waals surface area contributed by atoms with Gasteiger partial charge in [0.2, 0.25) is 0 Å². The summed E-state index contributed by atoms with van der Waals surface area (Å²) in [5, 5.41) is 31.1. The number of hydrogen-bond acceptors (Lipinski definition) is 4. The van der Waals surface area contributed by atoms with E-state index in [2.05, 4.69) is 6.58 Å². The van der Waals surface area contributed by atoms with Crippen LogP contribution in [-0.2, 0) is 14.4 Å². The van der Waals surface area contributed by atoms with Gasteiger partial charge in [-0.2, -0.15) is 0 Å². The van der Waals surface area contributed by atoms with E-state index in [9.17, 15) is 29.7 Å². The van der Waals surface area contributed by atoms with Gasteiger partial charge in [-0.25, -0.2) is 0 Å². The van der Waals surface area contributed by atoms with Crippen LogP contribution >= 0.6 is 0 Å².